The summed E-state index contributed by atoms with van der Waals surface area (Å²) in [5.41, 5.74) is 1.60. The fraction of sp³-hybridized carbons (Fsp3) is 0.0833. The second-order valence-corrected chi connectivity index (χ2v) is 6.88. The number of methoxy groups -OCH3 is 1. The first-order valence-electron chi connectivity index (χ1n) is 9.55. The van der Waals surface area contributed by atoms with Crippen LogP contribution in [0.5, 0.6) is 17.2 Å². The van der Waals surface area contributed by atoms with Gasteiger partial charge in [0, 0.05) is 16.5 Å². The molecule has 5 rings (SSSR count). The molecule has 7 nitrogen and oxygen atoms in total. The number of benzene rings is 3. The summed E-state index contributed by atoms with van der Waals surface area (Å²) in [6.45, 7) is 0.112. The molecule has 4 aromatic rings. The summed E-state index contributed by atoms with van der Waals surface area (Å²) >= 11 is 0. The van der Waals surface area contributed by atoms with Crippen LogP contribution in [0.3, 0.4) is 0 Å². The van der Waals surface area contributed by atoms with Crippen LogP contribution < -0.4 is 19.5 Å². The Morgan fingerprint density at radius 2 is 1.65 bits per heavy atom. The highest BCUT2D eigenvalue weighted by atomic mass is 16.7. The van der Waals surface area contributed by atoms with E-state index in [1.54, 1.807) is 67.8 Å². The van der Waals surface area contributed by atoms with Gasteiger partial charge < -0.3 is 23.9 Å². The molecule has 3 aromatic carbocycles. The first-order valence-corrected chi connectivity index (χ1v) is 9.55. The molecule has 1 aliphatic heterocycles. The van der Waals surface area contributed by atoms with Crippen molar-refractivity contribution in [2.75, 3.05) is 19.2 Å². The summed E-state index contributed by atoms with van der Waals surface area (Å²) in [5, 5.41) is 3.47. The number of nitrogens with one attached hydrogen (secondary N) is 1. The number of carbonyl (C=O) groups is 2. The molecule has 2 heterocycles. The fourth-order valence-electron chi connectivity index (χ4n) is 3.43. The number of hydrogen-bond acceptors (Lipinski definition) is 6. The number of fused-ring (bicyclic) bond motifs is 2. The first kappa shape index (κ1) is 18.7. The van der Waals surface area contributed by atoms with Gasteiger partial charge in [0.05, 0.1) is 12.8 Å². The fourth-order valence-corrected chi connectivity index (χ4v) is 3.43. The SMILES string of the molecule is COc1ccc(C(=O)Nc2c(C(=O)c3ccc4c(c3)OCO4)oc3ccccc23)cc1. The minimum absolute atomic E-state index is 0.0435. The van der Waals surface area contributed by atoms with Gasteiger partial charge in [-0.1, -0.05) is 12.1 Å². The van der Waals surface area contributed by atoms with Crippen molar-refractivity contribution in [3.63, 3.8) is 0 Å². The molecule has 31 heavy (non-hydrogen) atoms. The van der Waals surface area contributed by atoms with Gasteiger partial charge in [-0.2, -0.15) is 0 Å². The van der Waals surface area contributed by atoms with Crippen molar-refractivity contribution in [2.45, 2.75) is 0 Å². The van der Waals surface area contributed by atoms with Crippen molar-refractivity contribution >= 4 is 28.3 Å². The third kappa shape index (κ3) is 3.36. The van der Waals surface area contributed by atoms with E-state index in [-0.39, 0.29) is 24.2 Å². The Balaban J connectivity index is 1.53. The van der Waals surface area contributed by atoms with E-state index in [0.29, 0.717) is 45.0 Å². The van der Waals surface area contributed by atoms with Gasteiger partial charge in [0.1, 0.15) is 11.3 Å². The summed E-state index contributed by atoms with van der Waals surface area (Å²) < 4.78 is 21.7. The molecule has 1 aliphatic rings. The first-order chi connectivity index (χ1) is 15.1. The number of furan rings is 1. The molecule has 0 aliphatic carbocycles. The molecule has 1 N–H and O–H groups in total. The molecule has 0 atom stereocenters. The lowest BCUT2D eigenvalue weighted by atomic mass is 10.1. The molecule has 0 spiro atoms. The minimum Gasteiger partial charge on any atom is -0.497 e. The number of ketones is 1. The van der Waals surface area contributed by atoms with Gasteiger partial charge in [0.15, 0.2) is 17.3 Å². The maximum absolute atomic E-state index is 13.3. The van der Waals surface area contributed by atoms with Gasteiger partial charge in [-0.25, -0.2) is 0 Å². The van der Waals surface area contributed by atoms with Crippen molar-refractivity contribution in [1.82, 2.24) is 0 Å². The molecule has 0 unspecified atom stereocenters. The van der Waals surface area contributed by atoms with Crippen LogP contribution in [-0.2, 0) is 0 Å². The third-order valence-electron chi connectivity index (χ3n) is 5.03. The van der Waals surface area contributed by atoms with Gasteiger partial charge in [-0.15, -0.1) is 0 Å². The van der Waals surface area contributed by atoms with E-state index in [4.69, 9.17) is 18.6 Å². The highest BCUT2D eigenvalue weighted by Gasteiger charge is 2.25. The Morgan fingerprint density at radius 1 is 0.903 bits per heavy atom. The Hall–Kier alpha value is -4.26. The third-order valence-corrected chi connectivity index (χ3v) is 5.03. The molecule has 0 fully saturated rings. The smallest absolute Gasteiger partial charge is 0.255 e. The molecule has 0 bridgehead atoms. The molecule has 1 amide bonds. The Morgan fingerprint density at radius 3 is 2.45 bits per heavy atom. The zero-order valence-electron chi connectivity index (χ0n) is 16.5. The van der Waals surface area contributed by atoms with E-state index in [1.165, 1.54) is 0 Å². The zero-order valence-corrected chi connectivity index (χ0v) is 16.5. The van der Waals surface area contributed by atoms with Crippen LogP contribution in [-0.4, -0.2) is 25.6 Å². The summed E-state index contributed by atoms with van der Waals surface area (Å²) in [6.07, 6.45) is 0. The molecule has 1 aromatic heterocycles. The lowest BCUT2D eigenvalue weighted by Crippen LogP contribution is -2.14. The number of para-hydroxylation sites is 1. The molecule has 0 radical (unpaired) electrons. The van der Waals surface area contributed by atoms with Crippen LogP contribution in [0.1, 0.15) is 26.5 Å². The van der Waals surface area contributed by atoms with Crippen molar-refractivity contribution in [1.29, 1.82) is 0 Å². The molecular formula is C24H17NO6. The Kier molecular flexibility index (Phi) is 4.55. The largest absolute Gasteiger partial charge is 0.497 e. The normalized spacial score (nSPS) is 12.0. The number of hydrogen-bond donors (Lipinski definition) is 1. The Bertz CT molecular complexity index is 1310. The van der Waals surface area contributed by atoms with E-state index in [9.17, 15) is 9.59 Å². The topological polar surface area (TPSA) is 87.0 Å². The zero-order chi connectivity index (χ0) is 21.4. The van der Waals surface area contributed by atoms with E-state index in [1.807, 2.05) is 6.07 Å². The van der Waals surface area contributed by atoms with Gasteiger partial charge >= 0.3 is 0 Å². The highest BCUT2D eigenvalue weighted by Crippen LogP contribution is 2.36. The van der Waals surface area contributed by atoms with Crippen LogP contribution in [0.15, 0.2) is 71.1 Å². The quantitative estimate of drug-likeness (QED) is 0.478. The van der Waals surface area contributed by atoms with Crippen LogP contribution >= 0.6 is 0 Å². The number of anilines is 1. The van der Waals surface area contributed by atoms with Crippen molar-refractivity contribution in [2.24, 2.45) is 0 Å². The van der Waals surface area contributed by atoms with E-state index >= 15 is 0 Å². The number of rotatable bonds is 5. The number of carbonyl (C=O) groups excluding carboxylic acids is 2. The Labute approximate surface area is 177 Å². The molecule has 7 heteroatoms. The minimum atomic E-state index is -0.375. The molecule has 0 saturated carbocycles. The number of ether oxygens (including phenoxy) is 3. The number of amides is 1. The maximum Gasteiger partial charge on any atom is 0.255 e. The van der Waals surface area contributed by atoms with Crippen molar-refractivity contribution in [3.8, 4) is 17.2 Å². The lowest BCUT2D eigenvalue weighted by molar-refractivity contribution is 0.101. The summed E-state index contributed by atoms with van der Waals surface area (Å²) in [4.78, 5) is 26.2. The summed E-state index contributed by atoms with van der Waals surface area (Å²) in [5.74, 6) is 1.01. The van der Waals surface area contributed by atoms with E-state index < -0.39 is 0 Å². The van der Waals surface area contributed by atoms with Crippen LogP contribution in [0, 0.1) is 0 Å². The second-order valence-electron chi connectivity index (χ2n) is 6.88. The summed E-state index contributed by atoms with van der Waals surface area (Å²) in [6, 6.07) is 18.8. The van der Waals surface area contributed by atoms with Crippen molar-refractivity contribution in [3.05, 3.63) is 83.6 Å². The van der Waals surface area contributed by atoms with Crippen LogP contribution in [0.25, 0.3) is 11.0 Å². The predicted octanol–water partition coefficient (Wildman–Crippen LogP) is 4.65. The molecular weight excluding hydrogens is 398 g/mol. The predicted molar refractivity (Wildman–Crippen MR) is 113 cm³/mol. The lowest BCUT2D eigenvalue weighted by Gasteiger charge is -2.07. The van der Waals surface area contributed by atoms with Gasteiger partial charge in [-0.05, 0) is 54.6 Å². The monoisotopic (exact) mass is 415 g/mol. The van der Waals surface area contributed by atoms with Crippen LogP contribution in [0.4, 0.5) is 5.69 Å². The van der Waals surface area contributed by atoms with E-state index in [0.717, 1.165) is 0 Å². The van der Waals surface area contributed by atoms with Crippen LogP contribution in [0.2, 0.25) is 0 Å². The highest BCUT2D eigenvalue weighted by molar-refractivity contribution is 6.19. The average molecular weight is 415 g/mol. The summed E-state index contributed by atoms with van der Waals surface area (Å²) in [7, 11) is 1.56. The molecule has 154 valence electrons. The maximum atomic E-state index is 13.3. The standard InChI is InChI=1S/C24H17NO6/c1-28-16-9-6-14(7-10-16)24(27)25-21-17-4-2-3-5-18(17)31-23(21)22(26)15-8-11-19-20(12-15)30-13-29-19/h2-12H,13H2,1H3,(H,25,27). The van der Waals surface area contributed by atoms with Gasteiger partial charge in [-0.3, -0.25) is 9.59 Å². The second kappa shape index (κ2) is 7.53. The van der Waals surface area contributed by atoms with Crippen molar-refractivity contribution < 1.29 is 28.2 Å². The van der Waals surface area contributed by atoms with Gasteiger partial charge in [0.2, 0.25) is 12.6 Å². The van der Waals surface area contributed by atoms with E-state index in [2.05, 4.69) is 5.32 Å². The average Bonchev–Trinajstić information content (AvgIpc) is 3.43. The molecule has 0 saturated heterocycles. The van der Waals surface area contributed by atoms with Gasteiger partial charge in [0.25, 0.3) is 5.91 Å².